The van der Waals surface area contributed by atoms with Crippen LogP contribution in [0.15, 0.2) is 53.0 Å². The Morgan fingerprint density at radius 2 is 1.92 bits per heavy atom. The molecule has 2 aromatic carbocycles. The molecule has 2 atom stereocenters. The number of carboxylic acids is 1. The predicted molar refractivity (Wildman–Crippen MR) is 101 cm³/mol. The maximum absolute atomic E-state index is 12.4. The van der Waals surface area contributed by atoms with Crippen LogP contribution in [0.2, 0.25) is 0 Å². The van der Waals surface area contributed by atoms with Crippen LogP contribution in [0.25, 0.3) is 0 Å². The summed E-state index contributed by atoms with van der Waals surface area (Å²) in [6, 6.07) is 14.7. The molecule has 0 bridgehead atoms. The molecule has 1 saturated heterocycles. The minimum atomic E-state index is -0.935. The van der Waals surface area contributed by atoms with E-state index in [0.29, 0.717) is 5.69 Å². The number of carboxylic acid groups (broad SMARTS) is 1. The molecule has 2 aromatic rings. The van der Waals surface area contributed by atoms with Crippen LogP contribution < -0.4 is 5.73 Å². The minimum absolute atomic E-state index is 0.115. The van der Waals surface area contributed by atoms with Gasteiger partial charge in [0.15, 0.2) is 0 Å². The van der Waals surface area contributed by atoms with Crippen LogP contribution in [-0.4, -0.2) is 35.2 Å². The van der Waals surface area contributed by atoms with E-state index in [1.54, 1.807) is 12.1 Å². The lowest BCUT2D eigenvalue weighted by atomic mass is 9.89. The van der Waals surface area contributed by atoms with Gasteiger partial charge < -0.3 is 20.5 Å². The lowest BCUT2D eigenvalue weighted by molar-refractivity contribution is -0.141. The van der Waals surface area contributed by atoms with Crippen molar-refractivity contribution in [2.24, 2.45) is 5.92 Å². The number of ether oxygens (including phenoxy) is 1. The van der Waals surface area contributed by atoms with Crippen LogP contribution >= 0.6 is 15.9 Å². The van der Waals surface area contributed by atoms with Crippen LogP contribution in [0, 0.1) is 5.92 Å². The molecule has 0 aromatic heterocycles. The molecule has 1 aliphatic heterocycles. The number of carbonyl (C=O) groups is 2. The Labute approximate surface area is 159 Å². The van der Waals surface area contributed by atoms with Crippen molar-refractivity contribution in [3.05, 3.63) is 64.1 Å². The smallest absolute Gasteiger partial charge is 0.410 e. The molecule has 0 unspecified atom stereocenters. The molecule has 0 aliphatic carbocycles. The average Bonchev–Trinajstić information content (AvgIpc) is 3.09. The van der Waals surface area contributed by atoms with Gasteiger partial charge in [0.05, 0.1) is 5.92 Å². The number of nitrogen functional groups attached to an aromatic ring is 1. The predicted octanol–water partition coefficient (Wildman–Crippen LogP) is 3.47. The molecule has 1 aliphatic rings. The first-order valence-corrected chi connectivity index (χ1v) is 8.98. The van der Waals surface area contributed by atoms with Crippen LogP contribution in [0.5, 0.6) is 0 Å². The van der Waals surface area contributed by atoms with Crippen molar-refractivity contribution in [3.63, 3.8) is 0 Å². The highest BCUT2D eigenvalue weighted by Gasteiger charge is 2.41. The van der Waals surface area contributed by atoms with E-state index in [1.807, 2.05) is 36.4 Å². The van der Waals surface area contributed by atoms with Gasteiger partial charge in [-0.2, -0.15) is 0 Å². The Bertz CT molecular complexity index is 812. The van der Waals surface area contributed by atoms with Gasteiger partial charge in [-0.15, -0.1) is 0 Å². The molecule has 3 rings (SSSR count). The van der Waals surface area contributed by atoms with Gasteiger partial charge in [0.25, 0.3) is 0 Å². The van der Waals surface area contributed by atoms with E-state index < -0.39 is 18.0 Å². The molecule has 0 spiro atoms. The largest absolute Gasteiger partial charge is 0.481 e. The number of carbonyl (C=O) groups excluding carboxylic acids is 1. The number of aliphatic carboxylic acids is 1. The first-order valence-electron chi connectivity index (χ1n) is 8.19. The fourth-order valence-corrected chi connectivity index (χ4v) is 3.39. The highest BCUT2D eigenvalue weighted by atomic mass is 79.9. The van der Waals surface area contributed by atoms with E-state index in [-0.39, 0.29) is 25.6 Å². The summed E-state index contributed by atoms with van der Waals surface area (Å²) >= 11 is 3.33. The number of nitrogens with two attached hydrogens (primary N) is 1. The molecule has 7 heteroatoms. The van der Waals surface area contributed by atoms with E-state index >= 15 is 0 Å². The molecule has 0 saturated carbocycles. The number of rotatable bonds is 4. The summed E-state index contributed by atoms with van der Waals surface area (Å²) < 4.78 is 6.08. The highest BCUT2D eigenvalue weighted by molar-refractivity contribution is 9.10. The molecule has 3 N–H and O–H groups in total. The summed E-state index contributed by atoms with van der Waals surface area (Å²) in [6.07, 6.45) is -0.507. The lowest BCUT2D eigenvalue weighted by Gasteiger charge is -2.17. The second-order valence-electron chi connectivity index (χ2n) is 6.28. The topological polar surface area (TPSA) is 92.9 Å². The van der Waals surface area contributed by atoms with Crippen LogP contribution in [-0.2, 0) is 16.1 Å². The van der Waals surface area contributed by atoms with Crippen molar-refractivity contribution in [1.29, 1.82) is 0 Å². The number of nitrogens with zero attached hydrogens (tertiary/aromatic N) is 1. The monoisotopic (exact) mass is 418 g/mol. The average molecular weight is 419 g/mol. The third-order valence-corrected chi connectivity index (χ3v) is 5.27. The summed E-state index contributed by atoms with van der Waals surface area (Å²) in [5.74, 6) is -1.96. The molecule has 1 heterocycles. The molecule has 1 fully saturated rings. The van der Waals surface area contributed by atoms with E-state index in [4.69, 9.17) is 10.5 Å². The second kappa shape index (κ2) is 7.78. The van der Waals surface area contributed by atoms with Gasteiger partial charge in [0.1, 0.15) is 6.61 Å². The fourth-order valence-electron chi connectivity index (χ4n) is 3.14. The van der Waals surface area contributed by atoms with Gasteiger partial charge in [0.2, 0.25) is 0 Å². The number of hydrogen-bond donors (Lipinski definition) is 2. The molecular formula is C19H19BrN2O4. The zero-order chi connectivity index (χ0) is 18.7. The van der Waals surface area contributed by atoms with Gasteiger partial charge in [0, 0.05) is 29.2 Å². The van der Waals surface area contributed by atoms with Gasteiger partial charge in [-0.05, 0) is 39.2 Å². The maximum Gasteiger partial charge on any atom is 0.410 e. The molecule has 1 amide bonds. The van der Waals surface area contributed by atoms with Gasteiger partial charge in [-0.1, -0.05) is 36.4 Å². The van der Waals surface area contributed by atoms with Crippen molar-refractivity contribution in [3.8, 4) is 0 Å². The zero-order valence-electron chi connectivity index (χ0n) is 14.0. The maximum atomic E-state index is 12.4. The van der Waals surface area contributed by atoms with Crippen LogP contribution in [0.4, 0.5) is 10.5 Å². The number of halogens is 1. The Morgan fingerprint density at radius 3 is 2.58 bits per heavy atom. The Balaban J connectivity index is 1.71. The molecule has 0 radical (unpaired) electrons. The second-order valence-corrected chi connectivity index (χ2v) is 7.13. The van der Waals surface area contributed by atoms with Gasteiger partial charge in [-0.25, -0.2) is 4.79 Å². The number of benzene rings is 2. The molecule has 26 heavy (non-hydrogen) atoms. The summed E-state index contributed by atoms with van der Waals surface area (Å²) in [5.41, 5.74) is 8.14. The SMILES string of the molecule is Nc1cc([C@@H]2CN(C(=O)OCc3ccccc3)C[C@H]2C(=O)O)ccc1Br. The normalized spacial score (nSPS) is 19.3. The van der Waals surface area contributed by atoms with Gasteiger partial charge >= 0.3 is 12.1 Å². The Kier molecular flexibility index (Phi) is 5.46. The summed E-state index contributed by atoms with van der Waals surface area (Å²) in [6.45, 7) is 0.555. The van der Waals surface area contributed by atoms with E-state index in [0.717, 1.165) is 15.6 Å². The van der Waals surface area contributed by atoms with Crippen molar-refractivity contribution >= 4 is 33.7 Å². The van der Waals surface area contributed by atoms with Crippen LogP contribution in [0.3, 0.4) is 0 Å². The summed E-state index contributed by atoms with van der Waals surface area (Å²) in [4.78, 5) is 25.5. The van der Waals surface area contributed by atoms with E-state index in [9.17, 15) is 14.7 Å². The lowest BCUT2D eigenvalue weighted by Crippen LogP contribution is -2.30. The van der Waals surface area contributed by atoms with Gasteiger partial charge in [-0.3, -0.25) is 4.79 Å². The van der Waals surface area contributed by atoms with Crippen LogP contribution in [0.1, 0.15) is 17.0 Å². The number of likely N-dealkylation sites (tertiary alicyclic amines) is 1. The third-order valence-electron chi connectivity index (χ3n) is 4.55. The quantitative estimate of drug-likeness (QED) is 0.741. The fraction of sp³-hybridized carbons (Fsp3) is 0.263. The Hall–Kier alpha value is -2.54. The third kappa shape index (κ3) is 3.99. The standard InChI is InChI=1S/C19H19BrN2O4/c20-16-7-6-13(8-17(16)21)14-9-22(10-15(14)18(23)24)19(25)26-11-12-4-2-1-3-5-12/h1-8,14-15H,9-11,21H2,(H,23,24)/t14-,15+/m0/s1. The van der Waals surface area contributed by atoms with E-state index in [1.165, 1.54) is 4.90 Å². The highest BCUT2D eigenvalue weighted by Crippen LogP contribution is 2.35. The minimum Gasteiger partial charge on any atom is -0.481 e. The molecule has 6 nitrogen and oxygen atoms in total. The molecule has 136 valence electrons. The number of amides is 1. The van der Waals surface area contributed by atoms with Crippen molar-refractivity contribution < 1.29 is 19.4 Å². The summed E-state index contributed by atoms with van der Waals surface area (Å²) in [5, 5.41) is 9.56. The van der Waals surface area contributed by atoms with E-state index in [2.05, 4.69) is 15.9 Å². The summed E-state index contributed by atoms with van der Waals surface area (Å²) in [7, 11) is 0. The molecular weight excluding hydrogens is 400 g/mol. The first kappa shape index (κ1) is 18.3. The zero-order valence-corrected chi connectivity index (χ0v) is 15.6. The number of hydrogen-bond acceptors (Lipinski definition) is 4. The van der Waals surface area contributed by atoms with Crippen molar-refractivity contribution in [2.75, 3.05) is 18.8 Å². The Morgan fingerprint density at radius 1 is 1.19 bits per heavy atom. The van der Waals surface area contributed by atoms with Crippen molar-refractivity contribution in [2.45, 2.75) is 12.5 Å². The number of anilines is 1. The first-order chi connectivity index (χ1) is 12.5. The van der Waals surface area contributed by atoms with Crippen molar-refractivity contribution in [1.82, 2.24) is 4.90 Å².